The van der Waals surface area contributed by atoms with Crippen LogP contribution in [-0.4, -0.2) is 74.3 Å². The van der Waals surface area contributed by atoms with E-state index < -0.39 is 0 Å². The molecule has 5 heteroatoms. The highest BCUT2D eigenvalue weighted by atomic mass is 16.5. The summed E-state index contributed by atoms with van der Waals surface area (Å²) in [6.45, 7) is 15.2. The SMILES string of the molecule is CCN=C(NC1CC1(C)C)N1CCN(CC2CCOC2)CC1. The minimum Gasteiger partial charge on any atom is -0.381 e. The Hall–Kier alpha value is -0.810. The first-order valence-electron chi connectivity index (χ1n) is 8.94. The topological polar surface area (TPSA) is 40.1 Å². The molecule has 1 aliphatic carbocycles. The summed E-state index contributed by atoms with van der Waals surface area (Å²) in [5.41, 5.74) is 0.443. The quantitative estimate of drug-likeness (QED) is 0.630. The van der Waals surface area contributed by atoms with Crippen molar-refractivity contribution in [2.24, 2.45) is 16.3 Å². The smallest absolute Gasteiger partial charge is 0.194 e. The van der Waals surface area contributed by atoms with Crippen LogP contribution in [0.15, 0.2) is 4.99 Å². The summed E-state index contributed by atoms with van der Waals surface area (Å²) in [4.78, 5) is 9.76. The largest absolute Gasteiger partial charge is 0.381 e. The Kier molecular flexibility index (Phi) is 4.93. The highest BCUT2D eigenvalue weighted by molar-refractivity contribution is 5.81. The zero-order valence-electron chi connectivity index (χ0n) is 14.5. The lowest BCUT2D eigenvalue weighted by Gasteiger charge is -2.37. The van der Waals surface area contributed by atoms with Gasteiger partial charge >= 0.3 is 0 Å². The van der Waals surface area contributed by atoms with Crippen molar-refractivity contribution in [2.75, 3.05) is 52.5 Å². The van der Waals surface area contributed by atoms with Crippen LogP contribution in [0, 0.1) is 11.3 Å². The fourth-order valence-corrected chi connectivity index (χ4v) is 3.49. The second kappa shape index (κ2) is 6.75. The van der Waals surface area contributed by atoms with Gasteiger partial charge in [0.2, 0.25) is 0 Å². The first kappa shape index (κ1) is 16.1. The maximum absolute atomic E-state index is 5.49. The van der Waals surface area contributed by atoms with Crippen LogP contribution in [0.3, 0.4) is 0 Å². The van der Waals surface area contributed by atoms with Gasteiger partial charge in [0.25, 0.3) is 0 Å². The molecule has 2 unspecified atom stereocenters. The van der Waals surface area contributed by atoms with E-state index in [-0.39, 0.29) is 0 Å². The molecule has 2 saturated heterocycles. The lowest BCUT2D eigenvalue weighted by molar-refractivity contribution is 0.139. The van der Waals surface area contributed by atoms with E-state index in [0.717, 1.165) is 57.8 Å². The van der Waals surface area contributed by atoms with Crippen LogP contribution < -0.4 is 5.32 Å². The third-order valence-corrected chi connectivity index (χ3v) is 5.34. The van der Waals surface area contributed by atoms with Gasteiger partial charge in [-0.3, -0.25) is 9.89 Å². The molecule has 0 aromatic heterocycles. The molecule has 3 fully saturated rings. The zero-order chi connectivity index (χ0) is 15.6. The number of aliphatic imine (C=N–C) groups is 1. The molecule has 2 heterocycles. The first-order chi connectivity index (χ1) is 10.6. The fourth-order valence-electron chi connectivity index (χ4n) is 3.49. The Labute approximate surface area is 135 Å². The molecule has 3 rings (SSSR count). The molecular weight excluding hydrogens is 276 g/mol. The van der Waals surface area contributed by atoms with Gasteiger partial charge in [-0.2, -0.15) is 0 Å². The molecule has 0 radical (unpaired) electrons. The van der Waals surface area contributed by atoms with Crippen LogP contribution in [0.4, 0.5) is 0 Å². The van der Waals surface area contributed by atoms with Gasteiger partial charge in [-0.1, -0.05) is 13.8 Å². The maximum atomic E-state index is 5.49. The molecule has 2 aliphatic heterocycles. The van der Waals surface area contributed by atoms with Gasteiger partial charge in [-0.25, -0.2) is 0 Å². The Morgan fingerprint density at radius 2 is 2.00 bits per heavy atom. The average molecular weight is 308 g/mol. The zero-order valence-corrected chi connectivity index (χ0v) is 14.5. The minimum absolute atomic E-state index is 0.443. The van der Waals surface area contributed by atoms with Crippen LogP contribution in [0.5, 0.6) is 0 Å². The van der Waals surface area contributed by atoms with E-state index in [1.165, 1.54) is 19.4 Å². The Bertz CT molecular complexity index is 395. The summed E-state index contributed by atoms with van der Waals surface area (Å²) >= 11 is 0. The summed E-state index contributed by atoms with van der Waals surface area (Å²) in [6, 6.07) is 0.603. The lowest BCUT2D eigenvalue weighted by atomic mass is 10.1. The molecule has 0 aromatic rings. The summed E-state index contributed by atoms with van der Waals surface area (Å²) in [6.07, 6.45) is 2.50. The van der Waals surface area contributed by atoms with Crippen molar-refractivity contribution in [1.82, 2.24) is 15.1 Å². The summed E-state index contributed by atoms with van der Waals surface area (Å²) in [5.74, 6) is 1.88. The number of nitrogens with zero attached hydrogens (tertiary/aromatic N) is 3. The summed E-state index contributed by atoms with van der Waals surface area (Å²) < 4.78 is 5.49. The highest BCUT2D eigenvalue weighted by Gasteiger charge is 2.46. The van der Waals surface area contributed by atoms with Gasteiger partial charge in [0.1, 0.15) is 0 Å². The van der Waals surface area contributed by atoms with Crippen molar-refractivity contribution in [3.05, 3.63) is 0 Å². The number of hydrogen-bond donors (Lipinski definition) is 1. The van der Waals surface area contributed by atoms with E-state index in [4.69, 9.17) is 9.73 Å². The summed E-state index contributed by atoms with van der Waals surface area (Å²) in [7, 11) is 0. The normalized spacial score (nSPS) is 32.3. The van der Waals surface area contributed by atoms with Gasteiger partial charge in [0, 0.05) is 51.9 Å². The molecule has 0 bridgehead atoms. The number of guanidine groups is 1. The van der Waals surface area contributed by atoms with Gasteiger partial charge in [0.05, 0.1) is 6.61 Å². The van der Waals surface area contributed by atoms with Crippen LogP contribution in [0.1, 0.15) is 33.6 Å². The molecule has 3 aliphatic rings. The molecule has 1 N–H and O–H groups in total. The van der Waals surface area contributed by atoms with Crippen molar-refractivity contribution in [1.29, 1.82) is 0 Å². The lowest BCUT2D eigenvalue weighted by Crippen LogP contribution is -2.53. The van der Waals surface area contributed by atoms with Crippen molar-refractivity contribution in [2.45, 2.75) is 39.7 Å². The molecule has 5 nitrogen and oxygen atoms in total. The van der Waals surface area contributed by atoms with Gasteiger partial charge in [-0.15, -0.1) is 0 Å². The monoisotopic (exact) mass is 308 g/mol. The van der Waals surface area contributed by atoms with Gasteiger partial charge in [-0.05, 0) is 31.1 Å². The molecule has 1 saturated carbocycles. The van der Waals surface area contributed by atoms with Crippen molar-refractivity contribution in [3.63, 3.8) is 0 Å². The predicted molar refractivity (Wildman–Crippen MR) is 90.2 cm³/mol. The third-order valence-electron chi connectivity index (χ3n) is 5.34. The molecule has 0 aromatic carbocycles. The first-order valence-corrected chi connectivity index (χ1v) is 8.94. The van der Waals surface area contributed by atoms with Gasteiger partial charge < -0.3 is 15.0 Å². The Morgan fingerprint density at radius 1 is 1.27 bits per heavy atom. The third kappa shape index (κ3) is 3.93. The number of rotatable bonds is 4. The van der Waals surface area contributed by atoms with E-state index in [1.54, 1.807) is 0 Å². The molecule has 0 amide bonds. The Morgan fingerprint density at radius 3 is 2.55 bits per heavy atom. The predicted octanol–water partition coefficient (Wildman–Crippen LogP) is 1.40. The average Bonchev–Trinajstić information content (AvgIpc) is 2.89. The number of nitrogens with one attached hydrogen (secondary N) is 1. The number of piperazine rings is 1. The van der Waals surface area contributed by atoms with Crippen molar-refractivity contribution < 1.29 is 4.74 Å². The number of hydrogen-bond acceptors (Lipinski definition) is 3. The highest BCUT2D eigenvalue weighted by Crippen LogP contribution is 2.44. The second-order valence-corrected chi connectivity index (χ2v) is 7.70. The maximum Gasteiger partial charge on any atom is 0.194 e. The molecule has 0 spiro atoms. The fraction of sp³-hybridized carbons (Fsp3) is 0.941. The molecule has 2 atom stereocenters. The standard InChI is InChI=1S/C17H32N4O/c1-4-18-16(19-15-11-17(15,2)3)21-8-6-20(7-9-21)12-14-5-10-22-13-14/h14-15H,4-13H2,1-3H3,(H,18,19). The van der Waals surface area contributed by atoms with Crippen LogP contribution in [0.25, 0.3) is 0 Å². The number of ether oxygens (including phenoxy) is 1. The Balaban J connectivity index is 1.47. The van der Waals surface area contributed by atoms with Crippen molar-refractivity contribution >= 4 is 5.96 Å². The van der Waals surface area contributed by atoms with Crippen LogP contribution in [-0.2, 0) is 4.74 Å². The van der Waals surface area contributed by atoms with Crippen LogP contribution in [0.2, 0.25) is 0 Å². The van der Waals surface area contributed by atoms with E-state index in [1.807, 2.05) is 0 Å². The van der Waals surface area contributed by atoms with E-state index >= 15 is 0 Å². The van der Waals surface area contributed by atoms with Crippen LogP contribution >= 0.6 is 0 Å². The van der Waals surface area contributed by atoms with Crippen molar-refractivity contribution in [3.8, 4) is 0 Å². The molecular formula is C17H32N4O. The molecule has 126 valence electrons. The van der Waals surface area contributed by atoms with E-state index in [0.29, 0.717) is 11.5 Å². The summed E-state index contributed by atoms with van der Waals surface area (Å²) in [5, 5.41) is 3.68. The molecule has 22 heavy (non-hydrogen) atoms. The second-order valence-electron chi connectivity index (χ2n) is 7.70. The van der Waals surface area contributed by atoms with E-state index in [9.17, 15) is 0 Å². The van der Waals surface area contributed by atoms with E-state index in [2.05, 4.69) is 35.9 Å². The van der Waals surface area contributed by atoms with Gasteiger partial charge in [0.15, 0.2) is 5.96 Å². The minimum atomic E-state index is 0.443.